The van der Waals surface area contributed by atoms with Gasteiger partial charge in [-0.15, -0.1) is 0 Å². The molecule has 1 atom stereocenters. The van der Waals surface area contributed by atoms with Crippen molar-refractivity contribution in [3.8, 4) is 0 Å². The third kappa shape index (κ3) is 3.79. The van der Waals surface area contributed by atoms with Crippen LogP contribution in [0, 0.1) is 5.92 Å². The topological polar surface area (TPSA) is 64.0 Å². The van der Waals surface area contributed by atoms with Gasteiger partial charge in [0.25, 0.3) is 10.0 Å². The molecule has 1 heterocycles. The van der Waals surface area contributed by atoms with E-state index >= 15 is 0 Å². The smallest absolute Gasteiger partial charge is 0.256 e. The molecule has 0 spiro atoms. The molecule has 1 aromatic heterocycles. The zero-order valence-corrected chi connectivity index (χ0v) is 12.6. The Hall–Kier alpha value is -0.400. The summed E-state index contributed by atoms with van der Waals surface area (Å²) in [6.45, 7) is 4.00. The molecule has 0 aliphatic carbocycles. The quantitative estimate of drug-likeness (QED) is 0.807. The van der Waals surface area contributed by atoms with E-state index in [-0.39, 0.29) is 17.0 Å². The fourth-order valence-electron chi connectivity index (χ4n) is 1.53. The molecule has 17 heavy (non-hydrogen) atoms. The van der Waals surface area contributed by atoms with Crippen molar-refractivity contribution in [2.24, 2.45) is 13.0 Å². The number of alkyl halides is 1. The number of halogens is 1. The Morgan fingerprint density at radius 1 is 1.53 bits per heavy atom. The van der Waals surface area contributed by atoms with E-state index < -0.39 is 10.0 Å². The predicted molar refractivity (Wildman–Crippen MR) is 70.6 cm³/mol. The molecule has 1 aromatic rings. The normalized spacial score (nSPS) is 14.2. The maximum absolute atomic E-state index is 12.1. The molecule has 0 aliphatic heterocycles. The second-order valence-corrected chi connectivity index (χ2v) is 6.70. The summed E-state index contributed by atoms with van der Waals surface area (Å²) < 4.78 is 28.3. The highest BCUT2D eigenvalue weighted by molar-refractivity contribution is 9.09. The summed E-state index contributed by atoms with van der Waals surface area (Å²) in [6, 6.07) is 1.42. The number of aryl methyl sites for hydroxylation is 1. The lowest BCUT2D eigenvalue weighted by atomic mass is 10.0. The van der Waals surface area contributed by atoms with Gasteiger partial charge in [0.15, 0.2) is 5.03 Å². The van der Waals surface area contributed by atoms with Crippen LogP contribution in [0.25, 0.3) is 0 Å². The monoisotopic (exact) mass is 323 g/mol. The maximum Gasteiger partial charge on any atom is 0.257 e. The summed E-state index contributed by atoms with van der Waals surface area (Å²) in [6.07, 6.45) is 2.23. The first-order valence-electron chi connectivity index (χ1n) is 5.44. The molecule has 98 valence electrons. The second-order valence-electron chi connectivity index (χ2n) is 4.24. The Morgan fingerprint density at radius 3 is 2.59 bits per heavy atom. The molecule has 7 heteroatoms. The van der Waals surface area contributed by atoms with Crippen molar-refractivity contribution in [3.63, 3.8) is 0 Å². The molecule has 0 fully saturated rings. The Kier molecular flexibility index (Phi) is 5.15. The van der Waals surface area contributed by atoms with Gasteiger partial charge in [-0.2, -0.15) is 5.10 Å². The molecule has 0 saturated carbocycles. The van der Waals surface area contributed by atoms with Gasteiger partial charge < -0.3 is 0 Å². The molecule has 0 aromatic carbocycles. The molecule has 0 saturated heterocycles. The van der Waals surface area contributed by atoms with E-state index in [0.29, 0.717) is 0 Å². The van der Waals surface area contributed by atoms with Crippen LogP contribution in [0.5, 0.6) is 0 Å². The second kappa shape index (κ2) is 5.97. The minimum absolute atomic E-state index is 0.0747. The van der Waals surface area contributed by atoms with E-state index in [1.54, 1.807) is 7.05 Å². The molecule has 0 radical (unpaired) electrons. The van der Waals surface area contributed by atoms with Gasteiger partial charge in [-0.25, -0.2) is 13.1 Å². The van der Waals surface area contributed by atoms with Gasteiger partial charge in [0, 0.05) is 18.4 Å². The minimum Gasteiger partial charge on any atom is -0.256 e. The van der Waals surface area contributed by atoms with Crippen LogP contribution in [0.4, 0.5) is 0 Å². The first kappa shape index (κ1) is 14.7. The highest BCUT2D eigenvalue weighted by atomic mass is 79.9. The zero-order valence-electron chi connectivity index (χ0n) is 10.2. The van der Waals surface area contributed by atoms with E-state index in [0.717, 1.165) is 11.8 Å². The summed E-state index contributed by atoms with van der Waals surface area (Å²) >= 11 is 3.34. The van der Waals surface area contributed by atoms with Crippen molar-refractivity contribution in [2.75, 3.05) is 5.33 Å². The summed E-state index contributed by atoms with van der Waals surface area (Å²) in [4.78, 5) is 0. The summed E-state index contributed by atoms with van der Waals surface area (Å²) in [5.74, 6) is 0.246. The fraction of sp³-hybridized carbons (Fsp3) is 0.700. The zero-order chi connectivity index (χ0) is 13.1. The van der Waals surface area contributed by atoms with Crippen molar-refractivity contribution in [1.29, 1.82) is 0 Å². The van der Waals surface area contributed by atoms with E-state index in [2.05, 4.69) is 25.8 Å². The first-order valence-corrected chi connectivity index (χ1v) is 8.05. The van der Waals surface area contributed by atoms with E-state index in [4.69, 9.17) is 0 Å². The standard InChI is InChI=1S/C10H18BrN3O2S/c1-8(2)9(4-6-11)13-17(15,16)10-5-7-12-14(10)3/h5,7-9,13H,4,6H2,1-3H3. The number of hydrogen-bond donors (Lipinski definition) is 1. The van der Waals surface area contributed by atoms with Crippen molar-refractivity contribution < 1.29 is 8.42 Å². The van der Waals surface area contributed by atoms with Crippen molar-refractivity contribution in [3.05, 3.63) is 12.3 Å². The number of rotatable bonds is 6. The largest absolute Gasteiger partial charge is 0.257 e. The average molecular weight is 324 g/mol. The Labute approximate surface area is 111 Å². The lowest BCUT2D eigenvalue weighted by molar-refractivity contribution is 0.438. The molecule has 0 amide bonds. The molecular formula is C10H18BrN3O2S. The van der Waals surface area contributed by atoms with Gasteiger partial charge in [-0.1, -0.05) is 29.8 Å². The molecule has 0 bridgehead atoms. The van der Waals surface area contributed by atoms with Crippen molar-refractivity contribution in [1.82, 2.24) is 14.5 Å². The Balaban J connectivity index is 2.89. The minimum atomic E-state index is -3.48. The van der Waals surface area contributed by atoms with Gasteiger partial charge in [-0.05, 0) is 18.4 Å². The molecule has 1 unspecified atom stereocenters. The van der Waals surface area contributed by atoms with Crippen LogP contribution >= 0.6 is 15.9 Å². The lowest BCUT2D eigenvalue weighted by Gasteiger charge is -2.21. The van der Waals surface area contributed by atoms with Crippen molar-refractivity contribution >= 4 is 26.0 Å². The van der Waals surface area contributed by atoms with Crippen LogP contribution in [0.2, 0.25) is 0 Å². The van der Waals surface area contributed by atoms with Gasteiger partial charge >= 0.3 is 0 Å². The van der Waals surface area contributed by atoms with Gasteiger partial charge in [0.1, 0.15) is 0 Å². The first-order chi connectivity index (χ1) is 7.88. The number of nitrogens with zero attached hydrogens (tertiary/aromatic N) is 2. The van der Waals surface area contributed by atoms with Crippen LogP contribution in [-0.2, 0) is 17.1 Å². The SMILES string of the molecule is CC(C)C(CCBr)NS(=O)(=O)c1ccnn1C. The summed E-state index contributed by atoms with van der Waals surface area (Å²) in [5.41, 5.74) is 0. The highest BCUT2D eigenvalue weighted by Gasteiger charge is 2.24. The van der Waals surface area contributed by atoms with Gasteiger partial charge in [-0.3, -0.25) is 4.68 Å². The molecule has 1 N–H and O–H groups in total. The highest BCUT2D eigenvalue weighted by Crippen LogP contribution is 2.13. The van der Waals surface area contributed by atoms with E-state index in [1.807, 2.05) is 13.8 Å². The number of aromatic nitrogens is 2. The third-order valence-corrected chi connectivity index (χ3v) is 4.60. The molecule has 0 aliphatic rings. The Bertz CT molecular complexity index is 456. The summed E-state index contributed by atoms with van der Waals surface area (Å²) in [7, 11) is -1.87. The number of nitrogens with one attached hydrogen (secondary N) is 1. The molecule has 5 nitrogen and oxygen atoms in total. The lowest BCUT2D eigenvalue weighted by Crippen LogP contribution is -2.39. The van der Waals surface area contributed by atoms with Crippen LogP contribution < -0.4 is 4.72 Å². The Morgan fingerprint density at radius 2 is 2.18 bits per heavy atom. The van der Waals surface area contributed by atoms with E-state index in [9.17, 15) is 8.42 Å². The number of hydrogen-bond acceptors (Lipinski definition) is 3. The molecular weight excluding hydrogens is 306 g/mol. The fourth-order valence-corrected chi connectivity index (χ4v) is 3.57. The van der Waals surface area contributed by atoms with Crippen LogP contribution in [-0.4, -0.2) is 29.6 Å². The number of sulfonamides is 1. The van der Waals surface area contributed by atoms with Gasteiger partial charge in [0.2, 0.25) is 0 Å². The van der Waals surface area contributed by atoms with Crippen molar-refractivity contribution in [2.45, 2.75) is 31.3 Å². The predicted octanol–water partition coefficient (Wildman–Crippen LogP) is 1.51. The summed E-state index contributed by atoms with van der Waals surface area (Å²) in [5, 5.41) is 4.83. The van der Waals surface area contributed by atoms with E-state index in [1.165, 1.54) is 16.9 Å². The van der Waals surface area contributed by atoms with Gasteiger partial charge in [0.05, 0.1) is 6.20 Å². The van der Waals surface area contributed by atoms with Crippen LogP contribution in [0.3, 0.4) is 0 Å². The van der Waals surface area contributed by atoms with Crippen LogP contribution in [0.1, 0.15) is 20.3 Å². The van der Waals surface area contributed by atoms with Crippen LogP contribution in [0.15, 0.2) is 17.3 Å². The average Bonchev–Trinajstić information content (AvgIpc) is 2.64. The molecule has 1 rings (SSSR count). The maximum atomic E-state index is 12.1. The third-order valence-electron chi connectivity index (χ3n) is 2.58.